The molecule has 0 saturated heterocycles. The number of nitrogens with two attached hydrogens (primary N) is 1. The Hall–Kier alpha value is -1.85. The van der Waals surface area contributed by atoms with Crippen molar-refractivity contribution in [3.63, 3.8) is 0 Å². The van der Waals surface area contributed by atoms with E-state index in [-0.39, 0.29) is 11.5 Å². The molecule has 0 saturated carbocycles. The smallest absolute Gasteiger partial charge is 0.331 e. The Kier molecular flexibility index (Phi) is 8.15. The summed E-state index contributed by atoms with van der Waals surface area (Å²) in [7, 11) is 0. The predicted molar refractivity (Wildman–Crippen MR) is 48.5 cm³/mol. The molecule has 80 valence electrons. The molecular weight excluding hydrogens is 190 g/mol. The Morgan fingerprint density at radius 2 is 1.64 bits per heavy atom. The molecule has 0 aliphatic carbocycles. The van der Waals surface area contributed by atoms with Crippen LogP contribution in [0.1, 0.15) is 20.3 Å². The number of hydrogen-bond acceptors (Lipinski definition) is 3. The number of rotatable bonds is 3. The van der Waals surface area contributed by atoms with Gasteiger partial charge in [-0.1, -0.05) is 6.92 Å². The number of primary amides is 1. The van der Waals surface area contributed by atoms with Crippen molar-refractivity contribution in [2.45, 2.75) is 20.3 Å². The highest BCUT2D eigenvalue weighted by Gasteiger charge is 2.00. The molecule has 0 aromatic heterocycles. The molecule has 0 aromatic carbocycles. The van der Waals surface area contributed by atoms with Crippen molar-refractivity contribution in [1.82, 2.24) is 0 Å². The second kappa shape index (κ2) is 7.78. The van der Waals surface area contributed by atoms with Crippen molar-refractivity contribution in [2.75, 3.05) is 0 Å². The Morgan fingerprint density at radius 1 is 1.29 bits per heavy atom. The van der Waals surface area contributed by atoms with Crippen LogP contribution in [0.15, 0.2) is 11.6 Å². The van der Waals surface area contributed by atoms with Crippen LogP contribution >= 0.6 is 0 Å². The number of aliphatic carboxylic acids is 2. The van der Waals surface area contributed by atoms with Crippen molar-refractivity contribution in [3.05, 3.63) is 11.6 Å². The second-order valence-corrected chi connectivity index (χ2v) is 2.29. The molecule has 0 aliphatic rings. The van der Waals surface area contributed by atoms with Gasteiger partial charge in [-0.05, 0) is 6.92 Å². The first kappa shape index (κ1) is 14.7. The third-order valence-electron chi connectivity index (χ3n) is 1.03. The van der Waals surface area contributed by atoms with Crippen LogP contribution in [0.2, 0.25) is 0 Å². The van der Waals surface area contributed by atoms with Gasteiger partial charge < -0.3 is 15.9 Å². The van der Waals surface area contributed by atoms with Gasteiger partial charge in [0.05, 0.1) is 0 Å². The van der Waals surface area contributed by atoms with E-state index in [0.29, 0.717) is 12.5 Å². The van der Waals surface area contributed by atoms with E-state index >= 15 is 0 Å². The summed E-state index contributed by atoms with van der Waals surface area (Å²) in [6.07, 6.45) is 1.09. The monoisotopic (exact) mass is 203 g/mol. The molecule has 6 heteroatoms. The van der Waals surface area contributed by atoms with Crippen LogP contribution in [0.4, 0.5) is 0 Å². The maximum atomic E-state index is 9.90. The largest absolute Gasteiger partial charge is 0.478 e. The molecule has 6 nitrogen and oxygen atoms in total. The van der Waals surface area contributed by atoms with Crippen LogP contribution in [-0.4, -0.2) is 28.1 Å². The summed E-state index contributed by atoms with van der Waals surface area (Å²) >= 11 is 0. The Morgan fingerprint density at radius 3 is 1.71 bits per heavy atom. The summed E-state index contributed by atoms with van der Waals surface area (Å²) in [6, 6.07) is 0. The molecule has 0 aliphatic heterocycles. The van der Waals surface area contributed by atoms with Gasteiger partial charge in [0.15, 0.2) is 0 Å². The molecule has 1 amide bonds. The van der Waals surface area contributed by atoms with E-state index in [1.54, 1.807) is 6.92 Å². The molecule has 0 aromatic rings. The van der Waals surface area contributed by atoms with Gasteiger partial charge in [0, 0.05) is 18.1 Å². The number of amides is 1. The minimum absolute atomic E-state index is 0.178. The molecule has 14 heavy (non-hydrogen) atoms. The highest BCUT2D eigenvalue weighted by Crippen LogP contribution is 1.89. The van der Waals surface area contributed by atoms with E-state index in [1.807, 2.05) is 0 Å². The fourth-order valence-corrected chi connectivity index (χ4v) is 0.247. The average molecular weight is 203 g/mol. The molecule has 0 bridgehead atoms. The Labute approximate surface area is 81.0 Å². The third kappa shape index (κ3) is 12.8. The summed E-state index contributed by atoms with van der Waals surface area (Å²) in [4.78, 5) is 29.3. The van der Waals surface area contributed by atoms with Gasteiger partial charge in [0.25, 0.3) is 0 Å². The highest BCUT2D eigenvalue weighted by atomic mass is 16.4. The number of carbonyl (C=O) groups excluding carboxylic acids is 1. The number of hydrogen-bond donors (Lipinski definition) is 3. The van der Waals surface area contributed by atoms with E-state index in [2.05, 4.69) is 5.73 Å². The molecule has 0 rings (SSSR count). The lowest BCUT2D eigenvalue weighted by Gasteiger charge is -1.86. The summed E-state index contributed by atoms with van der Waals surface area (Å²) in [6.45, 7) is 2.94. The van der Waals surface area contributed by atoms with Crippen molar-refractivity contribution in [3.8, 4) is 0 Å². The predicted octanol–water partition coefficient (Wildman–Crippen LogP) is -0.0164. The van der Waals surface area contributed by atoms with E-state index in [1.165, 1.54) is 6.92 Å². The van der Waals surface area contributed by atoms with Crippen LogP contribution in [-0.2, 0) is 14.4 Å². The van der Waals surface area contributed by atoms with E-state index in [0.717, 1.165) is 0 Å². The minimum atomic E-state index is -1.24. The maximum absolute atomic E-state index is 9.90. The van der Waals surface area contributed by atoms with Crippen LogP contribution < -0.4 is 5.73 Å². The summed E-state index contributed by atoms with van der Waals surface area (Å²) in [5.41, 5.74) is 4.47. The zero-order valence-corrected chi connectivity index (χ0v) is 7.98. The highest BCUT2D eigenvalue weighted by molar-refractivity contribution is 5.93. The van der Waals surface area contributed by atoms with Crippen LogP contribution in [0.25, 0.3) is 0 Å². The Bertz CT molecular complexity index is 256. The molecular formula is C8H13NO5. The van der Waals surface area contributed by atoms with Gasteiger partial charge in [-0.3, -0.25) is 4.79 Å². The second-order valence-electron chi connectivity index (χ2n) is 2.29. The maximum Gasteiger partial charge on any atom is 0.331 e. The lowest BCUT2D eigenvalue weighted by molar-refractivity contribution is -0.135. The number of carboxylic acid groups (broad SMARTS) is 2. The third-order valence-corrected chi connectivity index (χ3v) is 1.03. The van der Waals surface area contributed by atoms with Crippen molar-refractivity contribution < 1.29 is 24.6 Å². The summed E-state index contributed by atoms with van der Waals surface area (Å²) in [5, 5.41) is 16.1. The van der Waals surface area contributed by atoms with Gasteiger partial charge >= 0.3 is 11.9 Å². The molecule has 4 N–H and O–H groups in total. The van der Waals surface area contributed by atoms with Crippen molar-refractivity contribution in [2.24, 2.45) is 5.73 Å². The topological polar surface area (TPSA) is 118 Å². The quantitative estimate of drug-likeness (QED) is 0.557. The Balaban J connectivity index is 0. The molecule has 0 radical (unpaired) electrons. The first-order valence-corrected chi connectivity index (χ1v) is 3.74. The van der Waals surface area contributed by atoms with Gasteiger partial charge in [-0.2, -0.15) is 0 Å². The first-order valence-electron chi connectivity index (χ1n) is 3.74. The molecule has 0 spiro atoms. The van der Waals surface area contributed by atoms with Gasteiger partial charge in [0.1, 0.15) is 0 Å². The zero-order valence-electron chi connectivity index (χ0n) is 7.98. The number of carboxylic acids is 2. The van der Waals surface area contributed by atoms with Crippen molar-refractivity contribution >= 4 is 17.8 Å². The van der Waals surface area contributed by atoms with Crippen molar-refractivity contribution in [1.29, 1.82) is 0 Å². The van der Waals surface area contributed by atoms with Crippen LogP contribution in [0, 0.1) is 0 Å². The standard InChI is InChI=1S/C5H6O4.C3H7NO/c1-3(5(8)9)2-4(6)7;1-2-3(4)5/h2H,1H3,(H,6,7)(H,8,9);2H2,1H3,(H2,4,5)/b3-2-;. The van der Waals surface area contributed by atoms with E-state index in [4.69, 9.17) is 10.2 Å². The minimum Gasteiger partial charge on any atom is -0.478 e. The molecule has 0 heterocycles. The molecule has 0 fully saturated rings. The SMILES string of the molecule is C/C(=C/C(=O)O)C(=O)O.CCC(N)=O. The normalized spacial score (nSPS) is 9.71. The summed E-state index contributed by atoms with van der Waals surface area (Å²) in [5.74, 6) is -2.70. The van der Waals surface area contributed by atoms with E-state index in [9.17, 15) is 14.4 Å². The fourth-order valence-electron chi connectivity index (χ4n) is 0.247. The molecule has 0 atom stereocenters. The summed E-state index contributed by atoms with van der Waals surface area (Å²) < 4.78 is 0. The van der Waals surface area contributed by atoms with Crippen LogP contribution in [0.3, 0.4) is 0 Å². The van der Waals surface area contributed by atoms with Gasteiger partial charge in [-0.15, -0.1) is 0 Å². The van der Waals surface area contributed by atoms with E-state index < -0.39 is 11.9 Å². The first-order chi connectivity index (χ1) is 6.31. The van der Waals surface area contributed by atoms with Crippen LogP contribution in [0.5, 0.6) is 0 Å². The number of carbonyl (C=O) groups is 3. The molecule has 0 unspecified atom stereocenters. The zero-order chi connectivity index (χ0) is 11.7. The van der Waals surface area contributed by atoms with Gasteiger partial charge in [-0.25, -0.2) is 9.59 Å². The lowest BCUT2D eigenvalue weighted by Crippen LogP contribution is -2.06. The fraction of sp³-hybridized carbons (Fsp3) is 0.375. The van der Waals surface area contributed by atoms with Gasteiger partial charge in [0.2, 0.25) is 5.91 Å². The average Bonchev–Trinajstić information content (AvgIpc) is 2.04. The lowest BCUT2D eigenvalue weighted by atomic mass is 10.3.